The van der Waals surface area contributed by atoms with Crippen molar-refractivity contribution in [1.82, 2.24) is 5.06 Å². The summed E-state index contributed by atoms with van der Waals surface area (Å²) in [7, 11) is 0. The number of hydroxylamine groups is 2. The molecule has 1 atom stereocenters. The van der Waals surface area contributed by atoms with Gasteiger partial charge in [0, 0.05) is 5.54 Å². The maximum atomic E-state index is 12.8. The highest BCUT2D eigenvalue weighted by molar-refractivity contribution is 5.04. The molecule has 2 nitrogen and oxygen atoms in total. The smallest absolute Gasteiger partial charge is 0.313 e. The maximum absolute atomic E-state index is 12.8. The minimum Gasteiger partial charge on any atom is -0.313 e. The SMILES string of the molecule is CCC1(C(F)(F)F)CCC(C)(C)N1O. The van der Waals surface area contributed by atoms with Crippen molar-refractivity contribution in [1.29, 1.82) is 0 Å². The zero-order valence-corrected chi connectivity index (χ0v) is 8.65. The van der Waals surface area contributed by atoms with Crippen LogP contribution in [-0.4, -0.2) is 27.5 Å². The Balaban J connectivity index is 3.05. The summed E-state index contributed by atoms with van der Waals surface area (Å²) < 4.78 is 38.4. The molecule has 0 bridgehead atoms. The molecule has 0 radical (unpaired) electrons. The summed E-state index contributed by atoms with van der Waals surface area (Å²) in [6, 6.07) is 0. The lowest BCUT2D eigenvalue weighted by atomic mass is 9.93. The van der Waals surface area contributed by atoms with Crippen LogP contribution >= 0.6 is 0 Å². The molecule has 1 rings (SSSR count). The molecule has 1 fully saturated rings. The van der Waals surface area contributed by atoms with Gasteiger partial charge in [-0.05, 0) is 33.1 Å². The van der Waals surface area contributed by atoms with Crippen molar-refractivity contribution in [2.75, 3.05) is 0 Å². The van der Waals surface area contributed by atoms with Gasteiger partial charge in [0.2, 0.25) is 0 Å². The lowest BCUT2D eigenvalue weighted by Gasteiger charge is -2.40. The first-order valence-electron chi connectivity index (χ1n) is 4.73. The predicted octanol–water partition coefficient (Wildman–Crippen LogP) is 2.96. The van der Waals surface area contributed by atoms with Gasteiger partial charge in [-0.1, -0.05) is 6.92 Å². The van der Waals surface area contributed by atoms with Gasteiger partial charge in [0.1, 0.15) is 5.54 Å². The molecule has 1 aliphatic heterocycles. The second-order valence-electron chi connectivity index (χ2n) is 4.51. The van der Waals surface area contributed by atoms with E-state index >= 15 is 0 Å². The number of rotatable bonds is 1. The van der Waals surface area contributed by atoms with Crippen molar-refractivity contribution < 1.29 is 18.4 Å². The maximum Gasteiger partial charge on any atom is 0.409 e. The van der Waals surface area contributed by atoms with Crippen molar-refractivity contribution >= 4 is 0 Å². The van der Waals surface area contributed by atoms with Crippen LogP contribution in [0.25, 0.3) is 0 Å². The fourth-order valence-electron chi connectivity index (χ4n) is 2.09. The fourth-order valence-corrected chi connectivity index (χ4v) is 2.09. The largest absolute Gasteiger partial charge is 0.409 e. The van der Waals surface area contributed by atoms with E-state index in [0.717, 1.165) is 0 Å². The Kier molecular flexibility index (Phi) is 2.61. The Bertz CT molecular complexity index is 227. The minimum atomic E-state index is -4.37. The van der Waals surface area contributed by atoms with E-state index in [0.29, 0.717) is 11.5 Å². The Labute approximate surface area is 81.7 Å². The van der Waals surface area contributed by atoms with Crippen LogP contribution in [0.15, 0.2) is 0 Å². The second-order valence-corrected chi connectivity index (χ2v) is 4.51. The van der Waals surface area contributed by atoms with Gasteiger partial charge in [0.15, 0.2) is 0 Å². The van der Waals surface area contributed by atoms with Crippen molar-refractivity contribution in [3.8, 4) is 0 Å². The molecule has 0 aromatic carbocycles. The van der Waals surface area contributed by atoms with Gasteiger partial charge >= 0.3 is 6.18 Å². The second kappa shape index (κ2) is 3.10. The molecule has 1 unspecified atom stereocenters. The summed E-state index contributed by atoms with van der Waals surface area (Å²) in [4.78, 5) is 0. The van der Waals surface area contributed by atoms with Gasteiger partial charge in [-0.15, -0.1) is 0 Å². The van der Waals surface area contributed by atoms with Crippen LogP contribution < -0.4 is 0 Å². The first-order chi connectivity index (χ1) is 6.17. The van der Waals surface area contributed by atoms with Gasteiger partial charge in [-0.3, -0.25) is 0 Å². The molecule has 1 saturated heterocycles. The molecule has 0 aromatic heterocycles. The monoisotopic (exact) mass is 211 g/mol. The Morgan fingerprint density at radius 2 is 1.79 bits per heavy atom. The van der Waals surface area contributed by atoms with Gasteiger partial charge in [0.05, 0.1) is 0 Å². The van der Waals surface area contributed by atoms with E-state index in [-0.39, 0.29) is 12.8 Å². The molecule has 0 saturated carbocycles. The number of halogens is 3. The number of hydrogen-bond donors (Lipinski definition) is 1. The predicted molar refractivity (Wildman–Crippen MR) is 46.0 cm³/mol. The average Bonchev–Trinajstić information content (AvgIpc) is 2.25. The van der Waals surface area contributed by atoms with E-state index in [2.05, 4.69) is 0 Å². The van der Waals surface area contributed by atoms with Crippen LogP contribution in [0.3, 0.4) is 0 Å². The molecule has 84 valence electrons. The van der Waals surface area contributed by atoms with Crippen LogP contribution in [0.4, 0.5) is 13.2 Å². The normalized spacial score (nSPS) is 33.6. The topological polar surface area (TPSA) is 23.5 Å². The molecule has 1 N–H and O–H groups in total. The first kappa shape index (κ1) is 11.8. The highest BCUT2D eigenvalue weighted by atomic mass is 19.4. The lowest BCUT2D eigenvalue weighted by molar-refractivity contribution is -0.310. The highest BCUT2D eigenvalue weighted by Gasteiger charge is 2.64. The molecule has 14 heavy (non-hydrogen) atoms. The average molecular weight is 211 g/mol. The Morgan fingerprint density at radius 3 is 1.93 bits per heavy atom. The zero-order chi connectivity index (χ0) is 11.2. The number of hydrogen-bond acceptors (Lipinski definition) is 2. The van der Waals surface area contributed by atoms with Crippen molar-refractivity contribution in [3.05, 3.63) is 0 Å². The molecule has 0 spiro atoms. The molecule has 1 heterocycles. The van der Waals surface area contributed by atoms with Crippen LogP contribution in [0, 0.1) is 0 Å². The number of alkyl halides is 3. The van der Waals surface area contributed by atoms with Gasteiger partial charge < -0.3 is 5.21 Å². The van der Waals surface area contributed by atoms with Crippen LogP contribution in [0.1, 0.15) is 40.0 Å². The Morgan fingerprint density at radius 1 is 1.29 bits per heavy atom. The van der Waals surface area contributed by atoms with Gasteiger partial charge in [-0.25, -0.2) is 0 Å². The van der Waals surface area contributed by atoms with Crippen LogP contribution in [0.5, 0.6) is 0 Å². The highest BCUT2D eigenvalue weighted by Crippen LogP contribution is 2.50. The number of nitrogens with zero attached hydrogens (tertiary/aromatic N) is 1. The molecular formula is C9H16F3NO. The molecule has 0 amide bonds. The summed E-state index contributed by atoms with van der Waals surface area (Å²) in [5.74, 6) is 0. The van der Waals surface area contributed by atoms with Gasteiger partial charge in [0.25, 0.3) is 0 Å². The van der Waals surface area contributed by atoms with Crippen molar-refractivity contribution in [3.63, 3.8) is 0 Å². The molecule has 5 heteroatoms. The summed E-state index contributed by atoms with van der Waals surface area (Å²) in [5.41, 5.74) is -2.83. The summed E-state index contributed by atoms with van der Waals surface area (Å²) in [6.07, 6.45) is -4.16. The molecule has 0 aliphatic carbocycles. The zero-order valence-electron chi connectivity index (χ0n) is 8.65. The summed E-state index contributed by atoms with van der Waals surface area (Å²) in [6.45, 7) is 4.70. The third-order valence-electron chi connectivity index (χ3n) is 3.24. The third-order valence-corrected chi connectivity index (χ3v) is 3.24. The summed E-state index contributed by atoms with van der Waals surface area (Å²) in [5, 5.41) is 10.1. The lowest BCUT2D eigenvalue weighted by Crippen LogP contribution is -2.57. The van der Waals surface area contributed by atoms with Crippen LogP contribution in [-0.2, 0) is 0 Å². The van der Waals surface area contributed by atoms with E-state index in [9.17, 15) is 18.4 Å². The van der Waals surface area contributed by atoms with E-state index in [1.54, 1.807) is 13.8 Å². The van der Waals surface area contributed by atoms with Crippen molar-refractivity contribution in [2.45, 2.75) is 57.3 Å². The quantitative estimate of drug-likeness (QED) is 0.720. The van der Waals surface area contributed by atoms with E-state index in [1.807, 2.05) is 0 Å². The van der Waals surface area contributed by atoms with E-state index in [4.69, 9.17) is 0 Å². The molecule has 0 aromatic rings. The minimum absolute atomic E-state index is 0.0313. The standard InChI is InChI=1S/C9H16F3NO/c1-4-8(9(10,11)12)6-5-7(2,3)13(8)14/h14H,4-6H2,1-3H3. The van der Waals surface area contributed by atoms with Crippen LogP contribution in [0.2, 0.25) is 0 Å². The van der Waals surface area contributed by atoms with E-state index in [1.165, 1.54) is 6.92 Å². The van der Waals surface area contributed by atoms with E-state index < -0.39 is 17.3 Å². The first-order valence-corrected chi connectivity index (χ1v) is 4.73. The third kappa shape index (κ3) is 1.42. The molecule has 1 aliphatic rings. The molecular weight excluding hydrogens is 195 g/mol. The Hall–Kier alpha value is -0.290. The fraction of sp³-hybridized carbons (Fsp3) is 1.00. The van der Waals surface area contributed by atoms with Gasteiger partial charge in [-0.2, -0.15) is 18.2 Å². The summed E-state index contributed by atoms with van der Waals surface area (Å²) >= 11 is 0. The van der Waals surface area contributed by atoms with Crippen molar-refractivity contribution in [2.24, 2.45) is 0 Å².